The number of amides is 1. The maximum Gasteiger partial charge on any atom is 0.348 e. The number of aromatic nitrogens is 2. The minimum absolute atomic E-state index is 0.221. The predicted molar refractivity (Wildman–Crippen MR) is 113 cm³/mol. The Bertz CT molecular complexity index is 1130. The molecule has 8 heteroatoms. The van der Waals surface area contributed by atoms with Crippen molar-refractivity contribution in [3.63, 3.8) is 0 Å². The molecule has 1 aliphatic carbocycles. The van der Waals surface area contributed by atoms with Gasteiger partial charge in [-0.3, -0.25) is 4.79 Å². The van der Waals surface area contributed by atoms with Gasteiger partial charge in [0.15, 0.2) is 12.4 Å². The molecule has 30 heavy (non-hydrogen) atoms. The van der Waals surface area contributed by atoms with Gasteiger partial charge in [0, 0.05) is 4.88 Å². The third kappa shape index (κ3) is 4.11. The molecule has 1 aromatic carbocycles. The summed E-state index contributed by atoms with van der Waals surface area (Å²) in [7, 11) is 0. The van der Waals surface area contributed by atoms with Crippen molar-refractivity contribution in [2.45, 2.75) is 26.2 Å². The Morgan fingerprint density at radius 3 is 2.93 bits per heavy atom. The first-order valence-corrected chi connectivity index (χ1v) is 10.5. The molecule has 1 unspecified atom stereocenters. The van der Waals surface area contributed by atoms with E-state index in [1.807, 2.05) is 42.5 Å². The zero-order valence-electron chi connectivity index (χ0n) is 16.4. The summed E-state index contributed by atoms with van der Waals surface area (Å²) in [4.78, 5) is 26.6. The van der Waals surface area contributed by atoms with Crippen LogP contribution in [0.2, 0.25) is 0 Å². The molecule has 0 fully saturated rings. The summed E-state index contributed by atoms with van der Waals surface area (Å²) < 4.78 is 6.67. The molecule has 3 aromatic rings. The van der Waals surface area contributed by atoms with Crippen LogP contribution in [0.15, 0.2) is 42.6 Å². The normalized spacial score (nSPS) is 15.1. The summed E-state index contributed by atoms with van der Waals surface area (Å²) in [5.74, 6) is -0.183. The Hall–Kier alpha value is -3.44. The highest BCUT2D eigenvalue weighted by atomic mass is 32.1. The minimum Gasteiger partial charge on any atom is -0.451 e. The molecular weight excluding hydrogens is 400 g/mol. The minimum atomic E-state index is -0.535. The van der Waals surface area contributed by atoms with Crippen LogP contribution in [-0.4, -0.2) is 28.3 Å². The van der Waals surface area contributed by atoms with Crippen molar-refractivity contribution in [1.29, 1.82) is 5.26 Å². The Morgan fingerprint density at radius 1 is 1.37 bits per heavy atom. The SMILES string of the molecule is CC1CCc2sc(C(=O)OCC(=O)Nc3c(C#N)cnn3-c3ccccc3)cc2C1. The second kappa shape index (κ2) is 8.51. The quantitative estimate of drug-likeness (QED) is 0.635. The fourth-order valence-electron chi connectivity index (χ4n) is 3.49. The first-order chi connectivity index (χ1) is 14.5. The lowest BCUT2D eigenvalue weighted by Gasteiger charge is -2.16. The van der Waals surface area contributed by atoms with E-state index >= 15 is 0 Å². The van der Waals surface area contributed by atoms with Gasteiger partial charge < -0.3 is 10.1 Å². The first-order valence-electron chi connectivity index (χ1n) is 9.67. The molecule has 2 aromatic heterocycles. The molecule has 4 rings (SSSR count). The van der Waals surface area contributed by atoms with Crippen LogP contribution in [0, 0.1) is 17.2 Å². The van der Waals surface area contributed by atoms with Gasteiger partial charge in [-0.15, -0.1) is 11.3 Å². The van der Waals surface area contributed by atoms with E-state index in [4.69, 9.17) is 4.74 Å². The van der Waals surface area contributed by atoms with Crippen LogP contribution in [0.25, 0.3) is 5.69 Å². The van der Waals surface area contributed by atoms with Crippen LogP contribution in [0.5, 0.6) is 0 Å². The van der Waals surface area contributed by atoms with Gasteiger partial charge in [-0.05, 0) is 48.9 Å². The number of para-hydroxylation sites is 1. The van der Waals surface area contributed by atoms with Crippen molar-refractivity contribution in [3.05, 3.63) is 63.5 Å². The second-order valence-electron chi connectivity index (χ2n) is 7.30. The van der Waals surface area contributed by atoms with Gasteiger partial charge in [0.05, 0.1) is 11.9 Å². The number of carbonyl (C=O) groups is 2. The van der Waals surface area contributed by atoms with Crippen molar-refractivity contribution in [1.82, 2.24) is 9.78 Å². The Morgan fingerprint density at radius 2 is 2.17 bits per heavy atom. The number of nitrogens with one attached hydrogen (secondary N) is 1. The number of benzene rings is 1. The van der Waals surface area contributed by atoms with Crippen LogP contribution in [0.4, 0.5) is 5.82 Å². The number of rotatable bonds is 5. The molecule has 0 aliphatic heterocycles. The van der Waals surface area contributed by atoms with Crippen molar-refractivity contribution >= 4 is 29.0 Å². The Labute approximate surface area is 177 Å². The van der Waals surface area contributed by atoms with Crippen molar-refractivity contribution < 1.29 is 14.3 Å². The third-order valence-corrected chi connectivity index (χ3v) is 6.23. The fourth-order valence-corrected chi connectivity index (χ4v) is 4.59. The molecule has 152 valence electrons. The van der Waals surface area contributed by atoms with Gasteiger partial charge in [0.2, 0.25) is 0 Å². The van der Waals surface area contributed by atoms with E-state index in [0.717, 1.165) is 19.3 Å². The number of carbonyl (C=O) groups excluding carboxylic acids is 2. The van der Waals surface area contributed by atoms with Crippen LogP contribution in [0.3, 0.4) is 0 Å². The lowest BCUT2D eigenvalue weighted by molar-refractivity contribution is -0.119. The van der Waals surface area contributed by atoms with Crippen molar-refractivity contribution in [2.24, 2.45) is 5.92 Å². The predicted octanol–water partition coefficient (Wildman–Crippen LogP) is 3.73. The molecule has 0 spiro atoms. The molecule has 1 aliphatic rings. The third-order valence-electron chi connectivity index (χ3n) is 5.01. The largest absolute Gasteiger partial charge is 0.451 e. The topological polar surface area (TPSA) is 97.0 Å². The number of fused-ring (bicyclic) bond motifs is 1. The molecule has 0 bridgehead atoms. The Balaban J connectivity index is 1.42. The smallest absolute Gasteiger partial charge is 0.348 e. The number of thiophene rings is 1. The van der Waals surface area contributed by atoms with E-state index < -0.39 is 18.5 Å². The molecule has 0 saturated carbocycles. The van der Waals surface area contributed by atoms with Gasteiger partial charge in [0.1, 0.15) is 16.5 Å². The number of anilines is 1. The standard InChI is InChI=1S/C22H20N4O3S/c1-14-7-8-18-15(9-14)10-19(30-18)22(28)29-13-20(27)25-21-16(11-23)12-24-26(21)17-5-3-2-4-6-17/h2-6,10,12,14H,7-9,13H2,1H3,(H,25,27). The highest BCUT2D eigenvalue weighted by Gasteiger charge is 2.22. The average Bonchev–Trinajstić information content (AvgIpc) is 3.36. The number of nitriles is 1. The van der Waals surface area contributed by atoms with Gasteiger partial charge in [-0.2, -0.15) is 10.4 Å². The van der Waals surface area contributed by atoms with Crippen molar-refractivity contribution in [3.8, 4) is 11.8 Å². The van der Waals surface area contributed by atoms with E-state index in [0.29, 0.717) is 16.5 Å². The number of esters is 1. The maximum atomic E-state index is 12.4. The molecule has 1 amide bonds. The van der Waals surface area contributed by atoms with E-state index in [9.17, 15) is 14.9 Å². The number of nitrogens with zero attached hydrogens (tertiary/aromatic N) is 3. The molecule has 7 nitrogen and oxygen atoms in total. The van der Waals surface area contributed by atoms with Crippen molar-refractivity contribution in [2.75, 3.05) is 11.9 Å². The lowest BCUT2D eigenvalue weighted by Crippen LogP contribution is -2.22. The summed E-state index contributed by atoms with van der Waals surface area (Å²) in [6.45, 7) is 1.77. The summed E-state index contributed by atoms with van der Waals surface area (Å²) in [6, 6.07) is 13.0. The summed E-state index contributed by atoms with van der Waals surface area (Å²) in [5, 5.41) is 16.1. The van der Waals surface area contributed by atoms with E-state index in [1.54, 1.807) is 0 Å². The number of hydrogen-bond acceptors (Lipinski definition) is 6. The number of aryl methyl sites for hydroxylation is 1. The zero-order valence-corrected chi connectivity index (χ0v) is 17.2. The van der Waals surface area contributed by atoms with E-state index in [2.05, 4.69) is 17.3 Å². The van der Waals surface area contributed by atoms with Crippen LogP contribution < -0.4 is 5.32 Å². The summed E-state index contributed by atoms with van der Waals surface area (Å²) >= 11 is 1.44. The summed E-state index contributed by atoms with van der Waals surface area (Å²) in [5.41, 5.74) is 2.13. The van der Waals surface area contributed by atoms with Gasteiger partial charge in [-0.1, -0.05) is 25.1 Å². The zero-order chi connectivity index (χ0) is 21.1. The lowest BCUT2D eigenvalue weighted by atomic mass is 9.90. The summed E-state index contributed by atoms with van der Waals surface area (Å²) in [6.07, 6.45) is 4.46. The molecule has 1 atom stereocenters. The second-order valence-corrected chi connectivity index (χ2v) is 8.43. The highest BCUT2D eigenvalue weighted by Crippen LogP contribution is 2.32. The Kier molecular flexibility index (Phi) is 5.63. The van der Waals surface area contributed by atoms with Gasteiger partial charge in [0.25, 0.3) is 5.91 Å². The fraction of sp³-hybridized carbons (Fsp3) is 0.273. The monoisotopic (exact) mass is 420 g/mol. The molecule has 0 saturated heterocycles. The molecular formula is C22H20N4O3S. The van der Waals surface area contributed by atoms with Crippen LogP contribution in [-0.2, 0) is 22.4 Å². The van der Waals surface area contributed by atoms with Crippen LogP contribution >= 0.6 is 11.3 Å². The average molecular weight is 420 g/mol. The van der Waals surface area contributed by atoms with E-state index in [-0.39, 0.29) is 11.4 Å². The molecule has 2 heterocycles. The highest BCUT2D eigenvalue weighted by molar-refractivity contribution is 7.14. The maximum absolute atomic E-state index is 12.4. The number of ether oxygens (including phenoxy) is 1. The van der Waals surface area contributed by atoms with Gasteiger partial charge >= 0.3 is 5.97 Å². The van der Waals surface area contributed by atoms with Crippen LogP contribution in [0.1, 0.15) is 39.0 Å². The number of hydrogen-bond donors (Lipinski definition) is 1. The van der Waals surface area contributed by atoms with Gasteiger partial charge in [-0.25, -0.2) is 9.48 Å². The molecule has 0 radical (unpaired) electrons. The first kappa shape index (κ1) is 19.9. The van der Waals surface area contributed by atoms with E-state index in [1.165, 1.54) is 32.7 Å². The molecule has 1 N–H and O–H groups in total.